The summed E-state index contributed by atoms with van der Waals surface area (Å²) >= 11 is 0. The Morgan fingerprint density at radius 1 is 1.18 bits per heavy atom. The zero-order valence-electron chi connectivity index (χ0n) is 11.2. The van der Waals surface area contributed by atoms with Crippen LogP contribution in [0, 0.1) is 0 Å². The largest absolute Gasteiger partial charge is 0.468 e. The second kappa shape index (κ2) is 9.39. The predicted octanol–water partition coefficient (Wildman–Crippen LogP) is 1.10. The minimum atomic E-state index is -0.974. The molecule has 0 saturated carbocycles. The molecule has 1 atom stereocenters. The van der Waals surface area contributed by atoms with E-state index in [1.807, 2.05) is 0 Å². The fourth-order valence-electron chi connectivity index (χ4n) is 1.19. The third-order valence-electron chi connectivity index (χ3n) is 2.43. The fraction of sp³-hybridized carbons (Fsp3) is 0.917. The van der Waals surface area contributed by atoms with Gasteiger partial charge in [0.15, 0.2) is 0 Å². The van der Waals surface area contributed by atoms with E-state index in [4.69, 9.17) is 15.2 Å². The Morgan fingerprint density at radius 2 is 1.76 bits per heavy atom. The van der Waals surface area contributed by atoms with Gasteiger partial charge < -0.3 is 19.9 Å². The van der Waals surface area contributed by atoms with Gasteiger partial charge >= 0.3 is 5.97 Å². The number of hydrogen-bond acceptors (Lipinski definition) is 5. The molecule has 0 radical (unpaired) electrons. The molecule has 0 saturated heterocycles. The van der Waals surface area contributed by atoms with Crippen LogP contribution in [-0.2, 0) is 19.0 Å². The van der Waals surface area contributed by atoms with E-state index >= 15 is 0 Å². The van der Waals surface area contributed by atoms with Crippen LogP contribution in [0.3, 0.4) is 0 Å². The maximum Gasteiger partial charge on any atom is 0.325 e. The van der Waals surface area contributed by atoms with Crippen molar-refractivity contribution in [1.29, 1.82) is 0 Å². The summed E-state index contributed by atoms with van der Waals surface area (Å²) in [6.45, 7) is 6.07. The van der Waals surface area contributed by atoms with Crippen molar-refractivity contribution < 1.29 is 19.0 Å². The van der Waals surface area contributed by atoms with Crippen LogP contribution in [0.5, 0.6) is 0 Å². The topological polar surface area (TPSA) is 70.8 Å². The summed E-state index contributed by atoms with van der Waals surface area (Å²) in [5, 5.41) is 0. The summed E-state index contributed by atoms with van der Waals surface area (Å²) < 4.78 is 15.3. The number of unbranched alkanes of at least 4 members (excludes halogenated alkanes) is 1. The van der Waals surface area contributed by atoms with Gasteiger partial charge in [-0.15, -0.1) is 0 Å². The molecule has 0 aromatic heterocycles. The summed E-state index contributed by atoms with van der Waals surface area (Å²) in [7, 11) is 1.33. The molecule has 1 unspecified atom stereocenters. The second-order valence-corrected chi connectivity index (χ2v) is 4.24. The van der Waals surface area contributed by atoms with E-state index in [1.165, 1.54) is 7.11 Å². The Labute approximate surface area is 104 Å². The van der Waals surface area contributed by atoms with Crippen molar-refractivity contribution in [1.82, 2.24) is 0 Å². The summed E-state index contributed by atoms with van der Waals surface area (Å²) in [6, 6.07) is 0. The quantitative estimate of drug-likeness (QED) is 0.462. The predicted molar refractivity (Wildman–Crippen MR) is 65.8 cm³/mol. The van der Waals surface area contributed by atoms with Crippen molar-refractivity contribution in [3.8, 4) is 0 Å². The van der Waals surface area contributed by atoms with Gasteiger partial charge in [0.25, 0.3) is 0 Å². The van der Waals surface area contributed by atoms with Gasteiger partial charge in [-0.2, -0.15) is 0 Å². The highest BCUT2D eigenvalue weighted by atomic mass is 16.5. The van der Waals surface area contributed by atoms with Crippen LogP contribution in [0.1, 0.15) is 33.1 Å². The van der Waals surface area contributed by atoms with Gasteiger partial charge in [-0.1, -0.05) is 13.3 Å². The molecule has 0 rings (SSSR count). The lowest BCUT2D eigenvalue weighted by atomic mass is 10.0. The lowest BCUT2D eigenvalue weighted by Gasteiger charge is -2.20. The first-order valence-corrected chi connectivity index (χ1v) is 6.07. The van der Waals surface area contributed by atoms with E-state index in [0.717, 1.165) is 19.4 Å². The van der Waals surface area contributed by atoms with Gasteiger partial charge in [0.1, 0.15) is 5.54 Å². The van der Waals surface area contributed by atoms with Crippen molar-refractivity contribution in [2.24, 2.45) is 5.73 Å². The van der Waals surface area contributed by atoms with Crippen LogP contribution in [0.2, 0.25) is 0 Å². The molecule has 0 heterocycles. The molecule has 5 nitrogen and oxygen atoms in total. The Kier molecular flexibility index (Phi) is 9.03. The summed E-state index contributed by atoms with van der Waals surface area (Å²) in [5.41, 5.74) is 4.79. The SMILES string of the molecule is CCCCOCCOCCC(C)(N)C(=O)OC. The zero-order valence-corrected chi connectivity index (χ0v) is 11.2. The highest BCUT2D eigenvalue weighted by Gasteiger charge is 2.28. The lowest BCUT2D eigenvalue weighted by Crippen LogP contribution is -2.46. The molecule has 102 valence electrons. The summed E-state index contributed by atoms with van der Waals surface area (Å²) in [6.07, 6.45) is 2.64. The second-order valence-electron chi connectivity index (χ2n) is 4.24. The Morgan fingerprint density at radius 3 is 2.29 bits per heavy atom. The van der Waals surface area contributed by atoms with E-state index in [9.17, 15) is 4.79 Å². The Hall–Kier alpha value is -0.650. The molecule has 0 aliphatic carbocycles. The molecule has 0 bridgehead atoms. The van der Waals surface area contributed by atoms with E-state index in [0.29, 0.717) is 26.2 Å². The molecule has 0 aromatic rings. The molecule has 2 N–H and O–H groups in total. The van der Waals surface area contributed by atoms with Gasteiger partial charge in [0.05, 0.1) is 20.3 Å². The van der Waals surface area contributed by atoms with Gasteiger partial charge in [-0.25, -0.2) is 0 Å². The standard InChI is InChI=1S/C12H25NO4/c1-4-5-7-16-9-10-17-8-6-12(2,13)11(14)15-3/h4-10,13H2,1-3H3. The smallest absolute Gasteiger partial charge is 0.325 e. The van der Waals surface area contributed by atoms with Crippen LogP contribution < -0.4 is 5.73 Å². The van der Waals surface area contributed by atoms with E-state index < -0.39 is 11.5 Å². The van der Waals surface area contributed by atoms with Crippen LogP contribution in [-0.4, -0.2) is 45.0 Å². The van der Waals surface area contributed by atoms with Crippen LogP contribution >= 0.6 is 0 Å². The van der Waals surface area contributed by atoms with Gasteiger partial charge in [-0.05, 0) is 19.8 Å². The van der Waals surface area contributed by atoms with Crippen molar-refractivity contribution in [2.75, 3.05) is 33.5 Å². The first-order chi connectivity index (χ1) is 8.04. The number of esters is 1. The Balaban J connectivity index is 3.42. The maximum atomic E-state index is 11.2. The minimum Gasteiger partial charge on any atom is -0.468 e. The molecule has 0 fully saturated rings. The zero-order chi connectivity index (χ0) is 13.1. The van der Waals surface area contributed by atoms with Gasteiger partial charge in [0.2, 0.25) is 0 Å². The number of carbonyl (C=O) groups excluding carboxylic acids is 1. The van der Waals surface area contributed by atoms with Gasteiger partial charge in [0, 0.05) is 13.2 Å². The number of rotatable bonds is 10. The lowest BCUT2D eigenvalue weighted by molar-refractivity contribution is -0.147. The summed E-state index contributed by atoms with van der Waals surface area (Å²) in [4.78, 5) is 11.2. The molecular weight excluding hydrogens is 222 g/mol. The molecular formula is C12H25NO4. The Bertz CT molecular complexity index is 207. The molecule has 17 heavy (non-hydrogen) atoms. The molecule has 0 amide bonds. The van der Waals surface area contributed by atoms with Crippen LogP contribution in [0.4, 0.5) is 0 Å². The average molecular weight is 247 g/mol. The summed E-state index contributed by atoms with van der Waals surface area (Å²) in [5.74, 6) is -0.416. The first kappa shape index (κ1) is 16.4. The number of ether oxygens (including phenoxy) is 3. The molecule has 0 aromatic carbocycles. The number of nitrogens with two attached hydrogens (primary N) is 1. The number of hydrogen-bond donors (Lipinski definition) is 1. The highest BCUT2D eigenvalue weighted by molar-refractivity contribution is 5.79. The molecule has 0 aliphatic heterocycles. The number of methoxy groups -OCH3 is 1. The third kappa shape index (κ3) is 8.12. The minimum absolute atomic E-state index is 0.416. The molecule has 0 spiro atoms. The van der Waals surface area contributed by atoms with Gasteiger partial charge in [-0.3, -0.25) is 4.79 Å². The average Bonchev–Trinajstić information content (AvgIpc) is 2.31. The maximum absolute atomic E-state index is 11.2. The van der Waals surface area contributed by atoms with E-state index in [2.05, 4.69) is 11.7 Å². The van der Waals surface area contributed by atoms with Crippen LogP contribution in [0.25, 0.3) is 0 Å². The fourth-order valence-corrected chi connectivity index (χ4v) is 1.19. The van der Waals surface area contributed by atoms with Crippen molar-refractivity contribution in [3.63, 3.8) is 0 Å². The van der Waals surface area contributed by atoms with E-state index in [-0.39, 0.29) is 0 Å². The van der Waals surface area contributed by atoms with Crippen molar-refractivity contribution in [2.45, 2.75) is 38.6 Å². The number of carbonyl (C=O) groups is 1. The normalized spacial score (nSPS) is 14.4. The van der Waals surface area contributed by atoms with Crippen LogP contribution in [0.15, 0.2) is 0 Å². The highest BCUT2D eigenvalue weighted by Crippen LogP contribution is 2.07. The third-order valence-corrected chi connectivity index (χ3v) is 2.43. The van der Waals surface area contributed by atoms with Crippen molar-refractivity contribution >= 4 is 5.97 Å². The van der Waals surface area contributed by atoms with Crippen molar-refractivity contribution in [3.05, 3.63) is 0 Å². The molecule has 5 heteroatoms. The first-order valence-electron chi connectivity index (χ1n) is 6.07. The molecule has 0 aliphatic rings. The monoisotopic (exact) mass is 247 g/mol. The van der Waals surface area contributed by atoms with E-state index in [1.54, 1.807) is 6.92 Å².